The Kier molecular flexibility index (Phi) is 4.42. The summed E-state index contributed by atoms with van der Waals surface area (Å²) in [5.74, 6) is 1.06. The number of nitrogens with zero attached hydrogens (tertiary/aromatic N) is 2. The molecule has 4 rings (SSSR count). The minimum atomic E-state index is 0.0821. The van der Waals surface area contributed by atoms with Gasteiger partial charge in [-0.3, -0.25) is 4.90 Å². The van der Waals surface area contributed by atoms with Crippen LogP contribution in [0.2, 0.25) is 0 Å². The Bertz CT molecular complexity index is 855. The van der Waals surface area contributed by atoms with Crippen LogP contribution in [0.15, 0.2) is 60.9 Å². The van der Waals surface area contributed by atoms with Gasteiger partial charge in [0.15, 0.2) is 0 Å². The molecular formula is C20H20N2O2S. The van der Waals surface area contributed by atoms with Gasteiger partial charge in [0.1, 0.15) is 11.5 Å². The van der Waals surface area contributed by atoms with Gasteiger partial charge in [0, 0.05) is 6.54 Å². The van der Waals surface area contributed by atoms with E-state index in [1.807, 2.05) is 36.4 Å². The van der Waals surface area contributed by atoms with E-state index in [4.69, 9.17) is 4.74 Å². The minimum absolute atomic E-state index is 0.0821. The highest BCUT2D eigenvalue weighted by Crippen LogP contribution is 2.31. The van der Waals surface area contributed by atoms with Crippen LogP contribution >= 0.6 is 11.3 Å². The summed E-state index contributed by atoms with van der Waals surface area (Å²) in [5.41, 5.74) is 2.16. The summed E-state index contributed by atoms with van der Waals surface area (Å²) >= 11 is 1.55. The first-order chi connectivity index (χ1) is 12.2. The molecule has 1 fully saturated rings. The second-order valence-corrected chi connectivity index (χ2v) is 7.31. The average molecular weight is 352 g/mol. The van der Waals surface area contributed by atoms with Crippen molar-refractivity contribution in [3.8, 4) is 10.9 Å². The molecular weight excluding hydrogens is 332 g/mol. The molecule has 1 aromatic heterocycles. The van der Waals surface area contributed by atoms with Crippen molar-refractivity contribution in [2.45, 2.75) is 25.4 Å². The average Bonchev–Trinajstić information content (AvgIpc) is 3.22. The summed E-state index contributed by atoms with van der Waals surface area (Å²) in [7, 11) is 0. The Morgan fingerprint density at radius 1 is 1.24 bits per heavy atom. The Hall–Kier alpha value is -2.37. The number of aliphatic hydroxyl groups excluding tert-OH is 1. The van der Waals surface area contributed by atoms with Crippen LogP contribution in [-0.2, 0) is 6.54 Å². The number of hydrogen-bond donors (Lipinski definition) is 1. The quantitative estimate of drug-likeness (QED) is 0.647. The van der Waals surface area contributed by atoms with E-state index in [-0.39, 0.29) is 11.8 Å². The Labute approximate surface area is 151 Å². The zero-order chi connectivity index (χ0) is 17.2. The molecule has 1 saturated heterocycles. The maximum atomic E-state index is 9.71. The summed E-state index contributed by atoms with van der Waals surface area (Å²) in [6, 6.07) is 16.2. The fourth-order valence-electron chi connectivity index (χ4n) is 3.29. The lowest BCUT2D eigenvalue weighted by Gasteiger charge is -2.23. The molecule has 0 spiro atoms. The molecule has 1 unspecified atom stereocenters. The predicted molar refractivity (Wildman–Crippen MR) is 101 cm³/mol. The predicted octanol–water partition coefficient (Wildman–Crippen LogP) is 5.12. The van der Waals surface area contributed by atoms with E-state index >= 15 is 0 Å². The molecule has 2 aromatic carbocycles. The normalized spacial score (nSPS) is 17.8. The van der Waals surface area contributed by atoms with Crippen molar-refractivity contribution in [1.29, 1.82) is 0 Å². The molecule has 5 heteroatoms. The SMILES string of the molecule is C=C(O)C1CCCN1Cc1ccc(Oc2nc3ccccc3s2)cc1. The number of fused-ring (bicyclic) bond motifs is 1. The topological polar surface area (TPSA) is 45.6 Å². The molecule has 2 heterocycles. The third kappa shape index (κ3) is 3.52. The summed E-state index contributed by atoms with van der Waals surface area (Å²) in [6.07, 6.45) is 2.08. The fourth-order valence-corrected chi connectivity index (χ4v) is 4.12. The van der Waals surface area contributed by atoms with Crippen LogP contribution in [0.5, 0.6) is 10.9 Å². The van der Waals surface area contributed by atoms with E-state index in [1.165, 1.54) is 5.56 Å². The maximum absolute atomic E-state index is 9.71. The van der Waals surface area contributed by atoms with Gasteiger partial charge in [0.05, 0.1) is 16.3 Å². The Morgan fingerprint density at radius 3 is 2.80 bits per heavy atom. The van der Waals surface area contributed by atoms with Gasteiger partial charge in [-0.25, -0.2) is 4.98 Å². The van der Waals surface area contributed by atoms with Gasteiger partial charge in [-0.05, 0) is 49.2 Å². The van der Waals surface area contributed by atoms with Gasteiger partial charge in [0.25, 0.3) is 5.19 Å². The van der Waals surface area contributed by atoms with E-state index in [2.05, 4.69) is 28.6 Å². The highest BCUT2D eigenvalue weighted by atomic mass is 32.1. The Balaban J connectivity index is 1.44. The van der Waals surface area contributed by atoms with E-state index in [0.29, 0.717) is 5.19 Å². The molecule has 128 valence electrons. The molecule has 4 nitrogen and oxygen atoms in total. The number of thiazole rings is 1. The van der Waals surface area contributed by atoms with Crippen LogP contribution in [0.3, 0.4) is 0 Å². The number of ether oxygens (including phenoxy) is 1. The van der Waals surface area contributed by atoms with E-state index < -0.39 is 0 Å². The van der Waals surface area contributed by atoms with Gasteiger partial charge < -0.3 is 9.84 Å². The van der Waals surface area contributed by atoms with Gasteiger partial charge in [-0.2, -0.15) is 0 Å². The van der Waals surface area contributed by atoms with Gasteiger partial charge >= 0.3 is 0 Å². The molecule has 3 aromatic rings. The van der Waals surface area contributed by atoms with Crippen LogP contribution in [0.25, 0.3) is 10.2 Å². The summed E-state index contributed by atoms with van der Waals surface area (Å²) in [5, 5.41) is 10.4. The standard InChI is InChI=1S/C20H20N2O2S/c1-14(23)18-6-4-12-22(18)13-15-8-10-16(11-9-15)24-20-21-17-5-2-3-7-19(17)25-20/h2-3,5,7-11,18,23H,1,4,6,12-13H2. The number of hydrogen-bond acceptors (Lipinski definition) is 5. The number of aliphatic hydroxyl groups is 1. The van der Waals surface area contributed by atoms with Crippen molar-refractivity contribution in [2.75, 3.05) is 6.54 Å². The molecule has 0 bridgehead atoms. The van der Waals surface area contributed by atoms with Gasteiger partial charge in [-0.1, -0.05) is 42.2 Å². The molecule has 0 aliphatic carbocycles. The van der Waals surface area contributed by atoms with Crippen molar-refractivity contribution in [1.82, 2.24) is 9.88 Å². The smallest absolute Gasteiger partial charge is 0.279 e. The number of para-hydroxylation sites is 1. The third-order valence-electron chi connectivity index (χ3n) is 4.54. The molecule has 25 heavy (non-hydrogen) atoms. The zero-order valence-electron chi connectivity index (χ0n) is 13.9. The lowest BCUT2D eigenvalue weighted by molar-refractivity contribution is 0.215. The highest BCUT2D eigenvalue weighted by Gasteiger charge is 2.26. The van der Waals surface area contributed by atoms with Crippen molar-refractivity contribution in [3.63, 3.8) is 0 Å². The molecule has 0 saturated carbocycles. The molecule has 0 radical (unpaired) electrons. The van der Waals surface area contributed by atoms with Crippen molar-refractivity contribution < 1.29 is 9.84 Å². The minimum Gasteiger partial charge on any atom is -0.511 e. The maximum Gasteiger partial charge on any atom is 0.279 e. The monoisotopic (exact) mass is 352 g/mol. The zero-order valence-corrected chi connectivity index (χ0v) is 14.7. The number of rotatable bonds is 5. The van der Waals surface area contributed by atoms with Crippen LogP contribution in [0.4, 0.5) is 0 Å². The van der Waals surface area contributed by atoms with Gasteiger partial charge in [-0.15, -0.1) is 0 Å². The van der Waals surface area contributed by atoms with Gasteiger partial charge in [0.2, 0.25) is 0 Å². The number of benzene rings is 2. The van der Waals surface area contributed by atoms with Crippen molar-refractivity contribution in [2.24, 2.45) is 0 Å². The highest BCUT2D eigenvalue weighted by molar-refractivity contribution is 7.20. The first-order valence-corrected chi connectivity index (χ1v) is 9.25. The second-order valence-electron chi connectivity index (χ2n) is 6.31. The van der Waals surface area contributed by atoms with Crippen molar-refractivity contribution in [3.05, 3.63) is 66.4 Å². The summed E-state index contributed by atoms with van der Waals surface area (Å²) < 4.78 is 7.01. The summed E-state index contributed by atoms with van der Waals surface area (Å²) in [4.78, 5) is 6.76. The lowest BCUT2D eigenvalue weighted by atomic mass is 10.1. The number of likely N-dealkylation sites (tertiary alicyclic amines) is 1. The van der Waals surface area contributed by atoms with Crippen molar-refractivity contribution >= 4 is 21.6 Å². The number of aromatic nitrogens is 1. The van der Waals surface area contributed by atoms with Crippen LogP contribution in [0, 0.1) is 0 Å². The van der Waals surface area contributed by atoms with Crippen LogP contribution in [0.1, 0.15) is 18.4 Å². The summed E-state index contributed by atoms with van der Waals surface area (Å²) in [6.45, 7) is 5.50. The fraction of sp³-hybridized carbons (Fsp3) is 0.250. The molecule has 0 amide bonds. The molecule has 1 N–H and O–H groups in total. The largest absolute Gasteiger partial charge is 0.511 e. The molecule has 1 atom stereocenters. The first kappa shape index (κ1) is 16.1. The molecule has 1 aliphatic heterocycles. The van der Waals surface area contributed by atoms with E-state index in [9.17, 15) is 5.11 Å². The first-order valence-electron chi connectivity index (χ1n) is 8.43. The second kappa shape index (κ2) is 6.86. The van der Waals surface area contributed by atoms with E-state index in [0.717, 1.165) is 41.9 Å². The molecule has 1 aliphatic rings. The third-order valence-corrected chi connectivity index (χ3v) is 5.45. The lowest BCUT2D eigenvalue weighted by Crippen LogP contribution is -2.30. The van der Waals surface area contributed by atoms with Crippen LogP contribution < -0.4 is 4.74 Å². The van der Waals surface area contributed by atoms with Crippen LogP contribution in [-0.4, -0.2) is 27.6 Å². The Morgan fingerprint density at radius 2 is 2.04 bits per heavy atom. The van der Waals surface area contributed by atoms with E-state index in [1.54, 1.807) is 11.3 Å².